The van der Waals surface area contributed by atoms with Gasteiger partial charge in [0.15, 0.2) is 0 Å². The summed E-state index contributed by atoms with van der Waals surface area (Å²) < 4.78 is 13.5. The second-order valence-electron chi connectivity index (χ2n) is 6.25. The molecule has 2 atom stereocenters. The lowest BCUT2D eigenvalue weighted by Crippen LogP contribution is -2.33. The Morgan fingerprint density at radius 3 is 2.62 bits per heavy atom. The first kappa shape index (κ1) is 16.5. The molecule has 1 amide bonds. The van der Waals surface area contributed by atoms with Gasteiger partial charge in [-0.2, -0.15) is 0 Å². The Balaban J connectivity index is 1.97. The van der Waals surface area contributed by atoms with Crippen molar-refractivity contribution in [1.82, 2.24) is 14.9 Å². The number of halogens is 1. The van der Waals surface area contributed by atoms with Gasteiger partial charge in [0.05, 0.1) is 29.2 Å². The van der Waals surface area contributed by atoms with Crippen LogP contribution in [0.15, 0.2) is 24.3 Å². The van der Waals surface area contributed by atoms with Gasteiger partial charge in [-0.05, 0) is 44.9 Å². The lowest BCUT2D eigenvalue weighted by atomic mass is 10.0. The van der Waals surface area contributed by atoms with Gasteiger partial charge in [0, 0.05) is 6.54 Å². The number of benzene rings is 1. The second-order valence-corrected chi connectivity index (χ2v) is 6.25. The minimum absolute atomic E-state index is 0.202. The van der Waals surface area contributed by atoms with Gasteiger partial charge in [0.1, 0.15) is 11.5 Å². The van der Waals surface area contributed by atoms with Crippen molar-refractivity contribution in [3.63, 3.8) is 0 Å². The molecule has 1 aromatic carbocycles. The molecule has 3 rings (SSSR count). The van der Waals surface area contributed by atoms with E-state index in [-0.39, 0.29) is 30.0 Å². The third-order valence-electron chi connectivity index (χ3n) is 4.46. The van der Waals surface area contributed by atoms with Crippen LogP contribution in [0.4, 0.5) is 4.39 Å². The molecule has 1 aromatic heterocycles. The van der Waals surface area contributed by atoms with Crippen LogP contribution in [-0.2, 0) is 0 Å². The number of amides is 1. The summed E-state index contributed by atoms with van der Waals surface area (Å²) in [4.78, 5) is 23.3. The first-order valence-corrected chi connectivity index (χ1v) is 7.93. The summed E-state index contributed by atoms with van der Waals surface area (Å²) in [5.74, 6) is -0.641. The lowest BCUT2D eigenvalue weighted by molar-refractivity contribution is 0.0708. The van der Waals surface area contributed by atoms with Gasteiger partial charge < -0.3 is 10.0 Å². The van der Waals surface area contributed by atoms with Crippen LogP contribution in [0.3, 0.4) is 0 Å². The van der Waals surface area contributed by atoms with Crippen LogP contribution in [0.2, 0.25) is 0 Å². The summed E-state index contributed by atoms with van der Waals surface area (Å²) in [6.45, 7) is 5.60. The summed E-state index contributed by atoms with van der Waals surface area (Å²) in [7, 11) is 0. The van der Waals surface area contributed by atoms with Crippen molar-refractivity contribution in [3.8, 4) is 0 Å². The molecule has 1 aliphatic rings. The molecule has 2 heterocycles. The highest BCUT2D eigenvalue weighted by Gasteiger charge is 2.37. The topological polar surface area (TPSA) is 66.3 Å². The van der Waals surface area contributed by atoms with Crippen LogP contribution in [0, 0.1) is 26.6 Å². The molecule has 0 aliphatic carbocycles. The van der Waals surface area contributed by atoms with E-state index >= 15 is 0 Å². The van der Waals surface area contributed by atoms with Gasteiger partial charge in [0.25, 0.3) is 5.91 Å². The molecule has 24 heavy (non-hydrogen) atoms. The Kier molecular flexibility index (Phi) is 4.32. The van der Waals surface area contributed by atoms with Crippen LogP contribution in [0.1, 0.15) is 45.6 Å². The molecule has 0 radical (unpaired) electrons. The van der Waals surface area contributed by atoms with Crippen molar-refractivity contribution in [1.29, 1.82) is 0 Å². The SMILES string of the molecule is Cc1nc(C)c(C(=O)N2C[C@@H](O)C[C@@H]2c2cccc(F)c2)nc1C. The van der Waals surface area contributed by atoms with Crippen LogP contribution < -0.4 is 0 Å². The van der Waals surface area contributed by atoms with E-state index in [9.17, 15) is 14.3 Å². The van der Waals surface area contributed by atoms with Gasteiger partial charge in [-0.25, -0.2) is 9.37 Å². The maximum atomic E-state index is 13.5. The molecule has 5 nitrogen and oxygen atoms in total. The van der Waals surface area contributed by atoms with Crippen molar-refractivity contribution in [2.45, 2.75) is 39.3 Å². The van der Waals surface area contributed by atoms with Gasteiger partial charge in [-0.1, -0.05) is 12.1 Å². The van der Waals surface area contributed by atoms with E-state index in [0.29, 0.717) is 23.4 Å². The maximum Gasteiger partial charge on any atom is 0.274 e. The number of hydrogen-bond donors (Lipinski definition) is 1. The summed E-state index contributed by atoms with van der Waals surface area (Å²) in [5, 5.41) is 10.0. The molecular weight excluding hydrogens is 309 g/mol. The zero-order valence-electron chi connectivity index (χ0n) is 14.0. The fourth-order valence-electron chi connectivity index (χ4n) is 3.12. The molecule has 1 saturated heterocycles. The fraction of sp³-hybridized carbons (Fsp3) is 0.389. The molecule has 6 heteroatoms. The molecule has 1 N–H and O–H groups in total. The predicted octanol–water partition coefficient (Wildman–Crippen LogP) is 2.49. The predicted molar refractivity (Wildman–Crippen MR) is 87.0 cm³/mol. The van der Waals surface area contributed by atoms with Crippen LogP contribution in [-0.4, -0.2) is 38.5 Å². The van der Waals surface area contributed by atoms with Crippen LogP contribution in [0.5, 0.6) is 0 Å². The highest BCUT2D eigenvalue weighted by molar-refractivity contribution is 5.94. The fourth-order valence-corrected chi connectivity index (χ4v) is 3.12. The highest BCUT2D eigenvalue weighted by Crippen LogP contribution is 2.33. The number of hydrogen-bond acceptors (Lipinski definition) is 4. The van der Waals surface area contributed by atoms with Crippen molar-refractivity contribution in [2.24, 2.45) is 0 Å². The number of nitrogens with zero attached hydrogens (tertiary/aromatic N) is 3. The summed E-state index contributed by atoms with van der Waals surface area (Å²) in [6, 6.07) is 5.78. The van der Waals surface area contributed by atoms with E-state index in [1.54, 1.807) is 30.9 Å². The molecule has 0 spiro atoms. The van der Waals surface area contributed by atoms with Crippen molar-refractivity contribution in [2.75, 3.05) is 6.54 Å². The first-order chi connectivity index (χ1) is 11.4. The molecule has 0 unspecified atom stereocenters. The van der Waals surface area contributed by atoms with Crippen molar-refractivity contribution in [3.05, 3.63) is 58.4 Å². The minimum atomic E-state index is -0.637. The molecule has 0 saturated carbocycles. The summed E-state index contributed by atoms with van der Waals surface area (Å²) >= 11 is 0. The van der Waals surface area contributed by atoms with Gasteiger partial charge in [-0.15, -0.1) is 0 Å². The normalized spacial score (nSPS) is 20.5. The standard InChI is InChI=1S/C18H20FN3O2/c1-10-11(2)21-17(12(3)20-10)18(24)22-9-15(23)8-16(22)13-5-4-6-14(19)7-13/h4-7,15-16,23H,8-9H2,1-3H3/t15-,16+/m0/s1. The molecular formula is C18H20FN3O2. The van der Waals surface area contributed by atoms with Gasteiger partial charge >= 0.3 is 0 Å². The Hall–Kier alpha value is -2.34. The monoisotopic (exact) mass is 329 g/mol. The summed E-state index contributed by atoms with van der Waals surface area (Å²) in [6.07, 6.45) is -0.256. The number of β-amino-alcohol motifs (C(OH)–C–C–N with tert-alkyl or cyclic N) is 1. The Bertz CT molecular complexity index is 794. The van der Waals surface area contributed by atoms with Gasteiger partial charge in [-0.3, -0.25) is 9.78 Å². The highest BCUT2D eigenvalue weighted by atomic mass is 19.1. The zero-order chi connectivity index (χ0) is 17.4. The van der Waals surface area contributed by atoms with E-state index in [4.69, 9.17) is 0 Å². The molecule has 1 fully saturated rings. The molecule has 2 aromatic rings. The van der Waals surface area contributed by atoms with E-state index in [0.717, 1.165) is 5.69 Å². The Labute approximate surface area is 140 Å². The zero-order valence-corrected chi connectivity index (χ0v) is 14.0. The van der Waals surface area contributed by atoms with Crippen molar-refractivity contribution < 1.29 is 14.3 Å². The summed E-state index contributed by atoms with van der Waals surface area (Å²) in [5.41, 5.74) is 3.00. The average Bonchev–Trinajstić information content (AvgIpc) is 2.92. The number of likely N-dealkylation sites (tertiary alicyclic amines) is 1. The first-order valence-electron chi connectivity index (χ1n) is 7.93. The van der Waals surface area contributed by atoms with Crippen molar-refractivity contribution >= 4 is 5.91 Å². The Morgan fingerprint density at radius 1 is 1.21 bits per heavy atom. The van der Waals surface area contributed by atoms with E-state index in [1.165, 1.54) is 12.1 Å². The van der Waals surface area contributed by atoms with Crippen LogP contribution >= 0.6 is 0 Å². The number of aryl methyl sites for hydroxylation is 3. The molecule has 1 aliphatic heterocycles. The third kappa shape index (κ3) is 3.01. The number of aromatic nitrogens is 2. The average molecular weight is 329 g/mol. The quantitative estimate of drug-likeness (QED) is 0.919. The van der Waals surface area contributed by atoms with Gasteiger partial charge in [0.2, 0.25) is 0 Å². The van der Waals surface area contributed by atoms with E-state index in [1.807, 2.05) is 6.92 Å². The number of aliphatic hydroxyl groups is 1. The Morgan fingerprint density at radius 2 is 1.92 bits per heavy atom. The van der Waals surface area contributed by atoms with E-state index in [2.05, 4.69) is 9.97 Å². The number of aliphatic hydroxyl groups excluding tert-OH is 1. The minimum Gasteiger partial charge on any atom is -0.391 e. The third-order valence-corrected chi connectivity index (χ3v) is 4.46. The van der Waals surface area contributed by atoms with Crippen LogP contribution in [0.25, 0.3) is 0 Å². The maximum absolute atomic E-state index is 13.5. The lowest BCUT2D eigenvalue weighted by Gasteiger charge is -2.25. The smallest absolute Gasteiger partial charge is 0.274 e. The van der Waals surface area contributed by atoms with E-state index < -0.39 is 6.10 Å². The molecule has 126 valence electrons. The number of carbonyl (C=O) groups is 1. The molecule has 0 bridgehead atoms. The number of rotatable bonds is 2. The number of carbonyl (C=O) groups excluding carboxylic acids is 1. The second kappa shape index (κ2) is 6.28. The largest absolute Gasteiger partial charge is 0.391 e.